The Balaban J connectivity index is 1.73. The van der Waals surface area contributed by atoms with Crippen LogP contribution in [-0.2, 0) is 25.5 Å². The van der Waals surface area contributed by atoms with E-state index in [0.29, 0.717) is 12.8 Å². The summed E-state index contributed by atoms with van der Waals surface area (Å²) in [5, 5.41) is 28.5. The summed E-state index contributed by atoms with van der Waals surface area (Å²) in [5.41, 5.74) is -1.34. The number of esters is 1. The van der Waals surface area contributed by atoms with Gasteiger partial charge in [0.1, 0.15) is 11.8 Å². The molecule has 1 aromatic carbocycles. The van der Waals surface area contributed by atoms with Crippen LogP contribution in [0.15, 0.2) is 24.3 Å². The lowest BCUT2D eigenvalue weighted by Gasteiger charge is -2.37. The van der Waals surface area contributed by atoms with Gasteiger partial charge in [0.05, 0.1) is 29.7 Å². The molecule has 0 bridgehead atoms. The zero-order chi connectivity index (χ0) is 31.6. The van der Waals surface area contributed by atoms with E-state index in [1.165, 1.54) is 38.1 Å². The number of amides is 3. The quantitative estimate of drug-likeness (QED) is 0.192. The predicted octanol–water partition coefficient (Wildman–Crippen LogP) is 1.40. The largest absolute Gasteiger partial charge is 0.507 e. The van der Waals surface area contributed by atoms with Gasteiger partial charge >= 0.3 is 5.97 Å². The molecule has 1 unspecified atom stereocenters. The molecular weight excluding hydrogens is 580 g/mol. The topological polar surface area (TPSA) is 167 Å². The van der Waals surface area contributed by atoms with Gasteiger partial charge in [-0.3, -0.25) is 19.2 Å². The van der Waals surface area contributed by atoms with Gasteiger partial charge in [0.2, 0.25) is 17.7 Å². The Morgan fingerprint density at radius 2 is 1.70 bits per heavy atom. The molecule has 3 amide bonds. The van der Waals surface area contributed by atoms with Crippen LogP contribution >= 0.6 is 0 Å². The van der Waals surface area contributed by atoms with Crippen molar-refractivity contribution in [1.82, 2.24) is 20.9 Å². The number of aliphatic hydroxyl groups is 1. The molecule has 2 aromatic rings. The first-order chi connectivity index (χ1) is 20.3. The molecule has 6 atom stereocenters. The lowest BCUT2D eigenvalue weighted by Crippen LogP contribution is -2.63. The molecular formula is C28H30F4N4O7. The molecule has 232 valence electrons. The Morgan fingerprint density at radius 1 is 1.02 bits per heavy atom. The highest BCUT2D eigenvalue weighted by Crippen LogP contribution is 2.32. The highest BCUT2D eigenvalue weighted by Gasteiger charge is 2.43. The summed E-state index contributed by atoms with van der Waals surface area (Å²) in [6, 6.07) is 0.852. The minimum absolute atomic E-state index is 0.219. The van der Waals surface area contributed by atoms with E-state index in [0.717, 1.165) is 6.42 Å². The van der Waals surface area contributed by atoms with Crippen LogP contribution in [0, 0.1) is 35.4 Å². The Kier molecular flexibility index (Phi) is 9.52. The van der Waals surface area contributed by atoms with Crippen LogP contribution in [0.25, 0.3) is 0 Å². The average molecular weight is 611 g/mol. The number of aromatic hydroxyl groups is 1. The normalized spacial score (nSPS) is 27.1. The second-order valence-electron chi connectivity index (χ2n) is 10.7. The number of rotatable bonds is 5. The minimum Gasteiger partial charge on any atom is -0.507 e. The van der Waals surface area contributed by atoms with Gasteiger partial charge in [0.25, 0.3) is 17.8 Å². The number of aromatic nitrogens is 1. The smallest absolute Gasteiger partial charge is 0.312 e. The number of halogens is 4. The second kappa shape index (κ2) is 12.9. The van der Waals surface area contributed by atoms with Crippen LogP contribution in [-0.4, -0.2) is 69.2 Å². The summed E-state index contributed by atoms with van der Waals surface area (Å²) in [4.78, 5) is 55.5. The third-order valence-corrected chi connectivity index (χ3v) is 7.80. The molecule has 2 aliphatic rings. The first-order valence-electron chi connectivity index (χ1n) is 13.6. The number of hydrogen-bond donors (Lipinski definition) is 5. The van der Waals surface area contributed by atoms with Gasteiger partial charge in [-0.05, 0) is 38.8 Å². The molecule has 15 heteroatoms. The summed E-state index contributed by atoms with van der Waals surface area (Å²) in [5.74, 6) is -13.9. The molecule has 0 radical (unpaired) electrons. The van der Waals surface area contributed by atoms with Gasteiger partial charge in [-0.1, -0.05) is 18.6 Å². The molecule has 4 rings (SSSR count). The van der Waals surface area contributed by atoms with Crippen LogP contribution in [0.3, 0.4) is 0 Å². The Morgan fingerprint density at radius 3 is 2.33 bits per heavy atom. The molecule has 1 aromatic heterocycles. The van der Waals surface area contributed by atoms with Crippen LogP contribution in [0.1, 0.15) is 49.0 Å². The highest BCUT2D eigenvalue weighted by molar-refractivity contribution is 6.00. The first-order valence-corrected chi connectivity index (χ1v) is 13.6. The SMILES string of the molecule is C[C@H]1NC(=O)C(C2CCC2)OC(=O)[C@H](C)[C@H](O)[C@H](Cc2c(F)nc(F)c(F)c2F)NC(=O)[C@H]1NC(=O)c1ccccc1O. The number of benzene rings is 1. The zero-order valence-electron chi connectivity index (χ0n) is 23.1. The van der Waals surface area contributed by atoms with E-state index in [2.05, 4.69) is 20.9 Å². The number of nitrogens with zero attached hydrogens (tertiary/aromatic N) is 1. The van der Waals surface area contributed by atoms with Gasteiger partial charge in [-0.2, -0.15) is 18.2 Å². The number of aliphatic hydroxyl groups excluding tert-OH is 1. The van der Waals surface area contributed by atoms with E-state index < -0.39 is 101 Å². The van der Waals surface area contributed by atoms with Gasteiger partial charge in [-0.25, -0.2) is 4.39 Å². The summed E-state index contributed by atoms with van der Waals surface area (Å²) < 4.78 is 61.9. The number of nitrogens with one attached hydrogen (secondary N) is 3. The Hall–Kier alpha value is -4.27. The van der Waals surface area contributed by atoms with Crippen molar-refractivity contribution >= 4 is 23.7 Å². The Labute approximate surface area is 243 Å². The third kappa shape index (κ3) is 6.71. The number of para-hydroxylation sites is 1. The molecule has 43 heavy (non-hydrogen) atoms. The predicted molar refractivity (Wildman–Crippen MR) is 139 cm³/mol. The molecule has 1 saturated carbocycles. The molecule has 0 spiro atoms. The van der Waals surface area contributed by atoms with Crippen molar-refractivity contribution in [1.29, 1.82) is 0 Å². The van der Waals surface area contributed by atoms with Crippen molar-refractivity contribution in [3.63, 3.8) is 0 Å². The number of carbonyl (C=O) groups is 4. The lowest BCUT2D eigenvalue weighted by molar-refractivity contribution is -0.169. The summed E-state index contributed by atoms with van der Waals surface area (Å²) in [6.45, 7) is 2.54. The summed E-state index contributed by atoms with van der Waals surface area (Å²) in [6.07, 6.45) is -2.37. The van der Waals surface area contributed by atoms with Crippen molar-refractivity contribution in [2.45, 2.75) is 69.9 Å². The van der Waals surface area contributed by atoms with E-state index in [1.807, 2.05) is 0 Å². The van der Waals surface area contributed by atoms with Crippen LogP contribution < -0.4 is 16.0 Å². The molecule has 2 fully saturated rings. The summed E-state index contributed by atoms with van der Waals surface area (Å²) in [7, 11) is 0. The number of carbonyl (C=O) groups excluding carboxylic acids is 4. The zero-order valence-corrected chi connectivity index (χ0v) is 23.1. The maximum absolute atomic E-state index is 14.6. The van der Waals surface area contributed by atoms with Crippen molar-refractivity contribution in [3.05, 3.63) is 58.9 Å². The molecule has 1 aliphatic carbocycles. The fraction of sp³-hybridized carbons (Fsp3) is 0.464. The van der Waals surface area contributed by atoms with Crippen LogP contribution in [0.2, 0.25) is 0 Å². The lowest BCUT2D eigenvalue weighted by atomic mass is 9.80. The maximum atomic E-state index is 14.6. The number of hydrogen-bond acceptors (Lipinski definition) is 8. The van der Waals surface area contributed by atoms with E-state index in [9.17, 15) is 47.0 Å². The Bertz CT molecular complexity index is 1420. The fourth-order valence-electron chi connectivity index (χ4n) is 4.96. The fourth-order valence-corrected chi connectivity index (χ4v) is 4.96. The molecule has 1 aliphatic heterocycles. The second-order valence-corrected chi connectivity index (χ2v) is 10.7. The first kappa shape index (κ1) is 31.7. The van der Waals surface area contributed by atoms with Gasteiger partial charge in [-0.15, -0.1) is 0 Å². The van der Waals surface area contributed by atoms with E-state index in [4.69, 9.17) is 4.74 Å². The highest BCUT2D eigenvalue weighted by atomic mass is 19.2. The number of pyridine rings is 1. The average Bonchev–Trinajstić information content (AvgIpc) is 2.93. The molecule has 5 N–H and O–H groups in total. The van der Waals surface area contributed by atoms with Crippen molar-refractivity contribution in [2.75, 3.05) is 0 Å². The van der Waals surface area contributed by atoms with Crippen LogP contribution in [0.4, 0.5) is 17.6 Å². The third-order valence-electron chi connectivity index (χ3n) is 7.80. The van der Waals surface area contributed by atoms with Gasteiger partial charge in [0, 0.05) is 17.9 Å². The molecule has 11 nitrogen and oxygen atoms in total. The van der Waals surface area contributed by atoms with Crippen LogP contribution in [0.5, 0.6) is 5.75 Å². The monoisotopic (exact) mass is 610 g/mol. The van der Waals surface area contributed by atoms with E-state index in [-0.39, 0.29) is 11.5 Å². The van der Waals surface area contributed by atoms with E-state index >= 15 is 0 Å². The van der Waals surface area contributed by atoms with Gasteiger partial charge < -0.3 is 30.9 Å². The number of ether oxygens (including phenoxy) is 1. The van der Waals surface area contributed by atoms with Gasteiger partial charge in [0.15, 0.2) is 11.9 Å². The molecule has 2 heterocycles. The van der Waals surface area contributed by atoms with E-state index in [1.54, 1.807) is 0 Å². The maximum Gasteiger partial charge on any atom is 0.312 e. The van der Waals surface area contributed by atoms with Crippen molar-refractivity contribution in [2.24, 2.45) is 11.8 Å². The van der Waals surface area contributed by atoms with Crippen molar-refractivity contribution in [3.8, 4) is 5.75 Å². The van der Waals surface area contributed by atoms with Crippen molar-refractivity contribution < 1.29 is 51.7 Å². The number of phenolic OH excluding ortho intramolecular Hbond substituents is 1. The molecule has 1 saturated heterocycles. The number of cyclic esters (lactones) is 1. The standard InChI is InChI=1S/C28H30F4N4O7/c1-11-21(38)16(10-15-18(29)19(30)24(32)36-23(15)31)34-26(40)20(35-25(39)14-8-3-4-9-17(14)37)12(2)33-27(41)22(43-28(11)42)13-6-5-7-13/h3-4,8-9,11-13,16,20-22,37-38H,5-7,10H2,1-2H3,(H,33,41)(H,34,40)(H,35,39)/t11-,12-,16+,20+,21+,22?/m1/s1. The number of phenols is 1. The summed E-state index contributed by atoms with van der Waals surface area (Å²) >= 11 is 0. The minimum atomic E-state index is -2.09.